The molecule has 1 N–H and O–H groups in total. The summed E-state index contributed by atoms with van der Waals surface area (Å²) in [6, 6.07) is 7.50. The number of ether oxygens (including phenoxy) is 2. The lowest BCUT2D eigenvalue weighted by Gasteiger charge is -2.30. The van der Waals surface area contributed by atoms with Crippen molar-refractivity contribution in [3.63, 3.8) is 0 Å². The zero-order valence-electron chi connectivity index (χ0n) is 14.1. The maximum atomic E-state index is 12.5. The highest BCUT2D eigenvalue weighted by Gasteiger charge is 2.37. The smallest absolute Gasteiger partial charge is 0.336 e. The predicted octanol–water partition coefficient (Wildman–Crippen LogP) is 3.42. The number of rotatable bonds is 4. The first-order chi connectivity index (χ1) is 11.4. The molecule has 1 aliphatic heterocycles. The van der Waals surface area contributed by atoms with Gasteiger partial charge in [-0.25, -0.2) is 9.59 Å². The van der Waals surface area contributed by atoms with Crippen LogP contribution in [0.5, 0.6) is 0 Å². The first-order valence-corrected chi connectivity index (χ1v) is 8.39. The summed E-state index contributed by atoms with van der Waals surface area (Å²) in [7, 11) is 1.33. The molecule has 0 unspecified atom stereocenters. The molecule has 2 rings (SSSR count). The fraction of sp³-hybridized carbons (Fsp3) is 0.333. The van der Waals surface area contributed by atoms with Gasteiger partial charge in [0.2, 0.25) is 0 Å². The summed E-state index contributed by atoms with van der Waals surface area (Å²) in [6.07, 6.45) is 0. The Labute approximate surface area is 149 Å². The van der Waals surface area contributed by atoms with Crippen LogP contribution in [0.4, 0.5) is 0 Å². The Morgan fingerprint density at radius 3 is 2.12 bits per heavy atom. The Balaban J connectivity index is 2.63. The Morgan fingerprint density at radius 2 is 1.62 bits per heavy atom. The van der Waals surface area contributed by atoms with E-state index >= 15 is 0 Å². The largest absolute Gasteiger partial charge is 0.466 e. The number of hydrogen-bond donors (Lipinski definition) is 1. The van der Waals surface area contributed by atoms with Crippen LogP contribution in [0.2, 0.25) is 0 Å². The van der Waals surface area contributed by atoms with E-state index in [1.807, 2.05) is 24.3 Å². The van der Waals surface area contributed by atoms with Crippen molar-refractivity contribution in [1.82, 2.24) is 5.32 Å². The van der Waals surface area contributed by atoms with Crippen molar-refractivity contribution in [2.24, 2.45) is 0 Å². The summed E-state index contributed by atoms with van der Waals surface area (Å²) in [5.41, 5.74) is 2.99. The van der Waals surface area contributed by atoms with Gasteiger partial charge in [-0.2, -0.15) is 0 Å². The topological polar surface area (TPSA) is 64.6 Å². The van der Waals surface area contributed by atoms with Gasteiger partial charge in [-0.05, 0) is 38.5 Å². The molecule has 1 aromatic rings. The van der Waals surface area contributed by atoms with Crippen LogP contribution >= 0.6 is 15.9 Å². The number of hydrogen-bond acceptors (Lipinski definition) is 5. The van der Waals surface area contributed by atoms with Gasteiger partial charge in [-0.1, -0.05) is 28.1 Å². The number of carbonyl (C=O) groups is 2. The first-order valence-electron chi connectivity index (χ1n) is 7.60. The molecule has 0 bridgehead atoms. The molecule has 0 saturated heterocycles. The average molecular weight is 394 g/mol. The maximum absolute atomic E-state index is 12.5. The number of halogens is 1. The van der Waals surface area contributed by atoms with E-state index in [0.29, 0.717) is 22.5 Å². The average Bonchev–Trinajstić information content (AvgIpc) is 2.54. The summed E-state index contributed by atoms with van der Waals surface area (Å²) in [5.74, 6) is -1.45. The molecule has 1 heterocycles. The van der Waals surface area contributed by atoms with Crippen molar-refractivity contribution in [3.05, 3.63) is 56.8 Å². The number of dihydropyridines is 1. The van der Waals surface area contributed by atoms with Crippen molar-refractivity contribution in [2.75, 3.05) is 13.7 Å². The van der Waals surface area contributed by atoms with Crippen LogP contribution in [0.3, 0.4) is 0 Å². The van der Waals surface area contributed by atoms with E-state index in [9.17, 15) is 9.59 Å². The molecule has 0 aliphatic carbocycles. The monoisotopic (exact) mass is 393 g/mol. The molecule has 6 heteroatoms. The lowest BCUT2D eigenvalue weighted by molar-refractivity contribution is -0.139. The summed E-state index contributed by atoms with van der Waals surface area (Å²) in [6.45, 7) is 5.61. The molecule has 0 amide bonds. The fourth-order valence-electron chi connectivity index (χ4n) is 2.84. The third kappa shape index (κ3) is 3.53. The lowest BCUT2D eigenvalue weighted by atomic mass is 9.80. The van der Waals surface area contributed by atoms with Crippen molar-refractivity contribution < 1.29 is 19.1 Å². The fourth-order valence-corrected chi connectivity index (χ4v) is 3.11. The molecule has 5 nitrogen and oxygen atoms in total. The zero-order chi connectivity index (χ0) is 17.9. The third-order valence-electron chi connectivity index (χ3n) is 3.86. The van der Waals surface area contributed by atoms with E-state index in [0.717, 1.165) is 10.0 Å². The number of esters is 2. The van der Waals surface area contributed by atoms with Gasteiger partial charge in [0.25, 0.3) is 0 Å². The van der Waals surface area contributed by atoms with Gasteiger partial charge >= 0.3 is 11.9 Å². The highest BCUT2D eigenvalue weighted by atomic mass is 79.9. The molecule has 128 valence electrons. The second kappa shape index (κ2) is 7.66. The minimum atomic E-state index is -0.536. The van der Waals surface area contributed by atoms with E-state index in [4.69, 9.17) is 9.47 Å². The SMILES string of the molecule is CCOC(=O)C1=C(C)NC(C)=C(C(=O)OC)[C@@H]1c1ccc(Br)cc1. The molecule has 1 atom stereocenters. The third-order valence-corrected chi connectivity index (χ3v) is 4.39. The quantitative estimate of drug-likeness (QED) is 0.793. The molecule has 0 fully saturated rings. The van der Waals surface area contributed by atoms with Crippen LogP contribution in [0, 0.1) is 0 Å². The molecule has 1 aromatic carbocycles. The standard InChI is InChI=1S/C18H20BrNO4/c1-5-24-18(22)15-11(3)20-10(2)14(17(21)23-4)16(15)12-6-8-13(19)9-7-12/h6-9,16,20H,5H2,1-4H3/t16-/m0/s1. The van der Waals surface area contributed by atoms with Crippen molar-refractivity contribution in [1.29, 1.82) is 0 Å². The van der Waals surface area contributed by atoms with Gasteiger partial charge in [0.05, 0.1) is 30.8 Å². The Hall–Kier alpha value is -2.08. The highest BCUT2D eigenvalue weighted by molar-refractivity contribution is 9.10. The molecule has 0 saturated carbocycles. The molecule has 0 aromatic heterocycles. The summed E-state index contributed by atoms with van der Waals surface area (Å²) >= 11 is 3.40. The number of carbonyl (C=O) groups excluding carboxylic acids is 2. The molecule has 0 radical (unpaired) electrons. The second-order valence-corrected chi connectivity index (χ2v) is 6.31. The minimum absolute atomic E-state index is 0.263. The van der Waals surface area contributed by atoms with E-state index in [1.54, 1.807) is 20.8 Å². The van der Waals surface area contributed by atoms with Crippen molar-refractivity contribution in [2.45, 2.75) is 26.7 Å². The highest BCUT2D eigenvalue weighted by Crippen LogP contribution is 2.39. The molecular weight excluding hydrogens is 374 g/mol. The van der Waals surface area contributed by atoms with E-state index < -0.39 is 17.9 Å². The number of nitrogens with one attached hydrogen (secondary N) is 1. The van der Waals surface area contributed by atoms with Gasteiger partial charge < -0.3 is 14.8 Å². The van der Waals surface area contributed by atoms with Crippen molar-refractivity contribution >= 4 is 27.9 Å². The summed E-state index contributed by atoms with van der Waals surface area (Å²) < 4.78 is 11.1. The zero-order valence-corrected chi connectivity index (χ0v) is 15.7. The number of allylic oxidation sites excluding steroid dienone is 2. The molecular formula is C18H20BrNO4. The van der Waals surface area contributed by atoms with Crippen LogP contribution in [-0.2, 0) is 19.1 Å². The van der Waals surface area contributed by atoms with Gasteiger partial charge in [0.15, 0.2) is 0 Å². The lowest BCUT2D eigenvalue weighted by Crippen LogP contribution is -2.32. The molecule has 0 spiro atoms. The maximum Gasteiger partial charge on any atom is 0.336 e. The minimum Gasteiger partial charge on any atom is -0.466 e. The first kappa shape index (κ1) is 18.3. The van der Waals surface area contributed by atoms with Gasteiger partial charge in [-0.15, -0.1) is 0 Å². The Morgan fingerprint density at radius 1 is 1.08 bits per heavy atom. The second-order valence-electron chi connectivity index (χ2n) is 5.40. The van der Waals surface area contributed by atoms with Gasteiger partial charge in [0.1, 0.15) is 0 Å². The Bertz CT molecular complexity index is 719. The Kier molecular flexibility index (Phi) is 5.83. The normalized spacial score (nSPS) is 17.5. The van der Waals surface area contributed by atoms with Crippen LogP contribution in [0.15, 0.2) is 51.3 Å². The number of methoxy groups -OCH3 is 1. The van der Waals surface area contributed by atoms with Crippen LogP contribution < -0.4 is 5.32 Å². The number of benzene rings is 1. The summed E-state index contributed by atoms with van der Waals surface area (Å²) in [5, 5.41) is 3.09. The molecule has 24 heavy (non-hydrogen) atoms. The molecule has 1 aliphatic rings. The van der Waals surface area contributed by atoms with E-state index in [1.165, 1.54) is 7.11 Å². The van der Waals surface area contributed by atoms with E-state index in [-0.39, 0.29) is 6.61 Å². The van der Waals surface area contributed by atoms with Crippen LogP contribution in [0.1, 0.15) is 32.3 Å². The van der Waals surface area contributed by atoms with Crippen molar-refractivity contribution in [3.8, 4) is 0 Å². The predicted molar refractivity (Wildman–Crippen MR) is 94.1 cm³/mol. The summed E-state index contributed by atoms with van der Waals surface area (Å²) in [4.78, 5) is 24.9. The van der Waals surface area contributed by atoms with Gasteiger partial charge in [0, 0.05) is 15.9 Å². The van der Waals surface area contributed by atoms with E-state index in [2.05, 4.69) is 21.2 Å². The van der Waals surface area contributed by atoms with Crippen LogP contribution in [-0.4, -0.2) is 25.7 Å². The van der Waals surface area contributed by atoms with Crippen LogP contribution in [0.25, 0.3) is 0 Å². The van der Waals surface area contributed by atoms with Gasteiger partial charge in [-0.3, -0.25) is 0 Å².